The average Bonchev–Trinajstić information content (AvgIpc) is 2.81. The van der Waals surface area contributed by atoms with Crippen molar-refractivity contribution in [3.8, 4) is 0 Å². The summed E-state index contributed by atoms with van der Waals surface area (Å²) in [4.78, 5) is 12.0. The van der Waals surface area contributed by atoms with Crippen LogP contribution >= 0.6 is 0 Å². The van der Waals surface area contributed by atoms with Gasteiger partial charge in [-0.2, -0.15) is 4.39 Å². The van der Waals surface area contributed by atoms with Crippen molar-refractivity contribution in [1.82, 2.24) is 0 Å². The van der Waals surface area contributed by atoms with E-state index in [1.807, 2.05) is 0 Å². The van der Waals surface area contributed by atoms with Crippen molar-refractivity contribution in [3.05, 3.63) is 0 Å². The average molecular weight is 482 g/mol. The van der Waals surface area contributed by atoms with Gasteiger partial charge in [-0.05, 0) is 0 Å². The van der Waals surface area contributed by atoms with E-state index < -0.39 is 112 Å². The number of carbonyl (C=O) groups is 1. The first kappa shape index (κ1) is 27.9. The molecule has 1 nitrogen and oxygen atoms in total. The maximum absolute atomic E-state index is 14.4. The summed E-state index contributed by atoms with van der Waals surface area (Å²) in [5.41, 5.74) is -24.4. The molecule has 1 rings (SSSR count). The highest BCUT2D eigenvalue weighted by Gasteiger charge is 2.90. The smallest absolute Gasteiger partial charge is 0.260 e. The quantitative estimate of drug-likeness (QED) is 0.280. The second kappa shape index (κ2) is 9.36. The predicted octanol–water partition coefficient (Wildman–Crippen LogP) is 5.08. The van der Waals surface area contributed by atoms with E-state index in [0.717, 1.165) is 0 Å². The van der Waals surface area contributed by atoms with Crippen molar-refractivity contribution in [2.45, 2.75) is 0 Å². The molecule has 0 saturated heterocycles. The fourth-order valence-electron chi connectivity index (χ4n) is 6.01. The molecule has 0 spiro atoms. The Kier molecular flexibility index (Phi) is 8.42. The van der Waals surface area contributed by atoms with Crippen LogP contribution in [0.4, 0.5) is 52.7 Å². The molecular formula is C18H22F12O. The standard InChI is InChI=1S/C18H22F12O/c19-1-13(2-20)14(3-21,4-22)16(7-25,8-26)18(11-29,12(30)31)17(9-27,10-28)15(13,5-23)6-24/h1-11H2. The first-order valence-corrected chi connectivity index (χ1v) is 8.97. The third kappa shape index (κ3) is 2.46. The molecule has 1 fully saturated rings. The first-order chi connectivity index (χ1) is 14.6. The summed E-state index contributed by atoms with van der Waals surface area (Å²) in [7, 11) is 0. The molecule has 0 aromatic carbocycles. The highest BCUT2D eigenvalue weighted by Crippen LogP contribution is 2.80. The maximum atomic E-state index is 14.4. The maximum Gasteiger partial charge on any atom is 0.311 e. The van der Waals surface area contributed by atoms with Crippen molar-refractivity contribution < 1.29 is 57.5 Å². The van der Waals surface area contributed by atoms with Crippen LogP contribution in [-0.4, -0.2) is 79.5 Å². The molecule has 1 saturated carbocycles. The van der Waals surface area contributed by atoms with E-state index in [2.05, 4.69) is 0 Å². The van der Waals surface area contributed by atoms with E-state index in [1.165, 1.54) is 0 Å². The van der Waals surface area contributed by atoms with E-state index in [0.29, 0.717) is 0 Å². The second-order valence-corrected chi connectivity index (χ2v) is 8.06. The van der Waals surface area contributed by atoms with Crippen LogP contribution in [0.1, 0.15) is 0 Å². The molecule has 1 aliphatic carbocycles. The fourth-order valence-corrected chi connectivity index (χ4v) is 6.01. The third-order valence-electron chi connectivity index (χ3n) is 8.12. The first-order valence-electron chi connectivity index (χ1n) is 8.97. The van der Waals surface area contributed by atoms with Gasteiger partial charge in [0.05, 0.1) is 88.4 Å². The molecule has 0 aromatic heterocycles. The summed E-state index contributed by atoms with van der Waals surface area (Å²) < 4.78 is 173. The molecule has 0 aliphatic heterocycles. The molecule has 31 heavy (non-hydrogen) atoms. The molecule has 0 N–H and O–H groups in total. The van der Waals surface area contributed by atoms with Gasteiger partial charge in [0.15, 0.2) is 0 Å². The van der Waals surface area contributed by atoms with Crippen molar-refractivity contribution in [1.29, 1.82) is 0 Å². The van der Waals surface area contributed by atoms with Gasteiger partial charge in [-0.25, -0.2) is 4.39 Å². The summed E-state index contributed by atoms with van der Waals surface area (Å²) in [5, 5.41) is 0. The number of halogens is 12. The summed E-state index contributed by atoms with van der Waals surface area (Å²) in [6, 6.07) is -3.26. The highest BCUT2D eigenvalue weighted by atomic mass is 19.2. The second-order valence-electron chi connectivity index (χ2n) is 8.06. The Morgan fingerprint density at radius 1 is 0.387 bits per heavy atom. The summed E-state index contributed by atoms with van der Waals surface area (Å²) in [5.74, 6) is 0. The number of carbonyl (C=O) groups excluding carboxylic acids is 1. The van der Waals surface area contributed by atoms with Gasteiger partial charge < -0.3 is 0 Å². The lowest BCUT2D eigenvalue weighted by molar-refractivity contribution is -0.366. The Morgan fingerprint density at radius 2 is 0.581 bits per heavy atom. The summed E-state index contributed by atoms with van der Waals surface area (Å²) in [6.45, 7) is -28.5. The highest BCUT2D eigenvalue weighted by molar-refractivity contribution is 5.80. The Morgan fingerprint density at radius 3 is 0.710 bits per heavy atom. The molecular weight excluding hydrogens is 460 g/mol. The lowest BCUT2D eigenvalue weighted by Crippen LogP contribution is -2.86. The Labute approximate surface area is 170 Å². The minimum Gasteiger partial charge on any atom is -0.260 e. The monoisotopic (exact) mass is 482 g/mol. The van der Waals surface area contributed by atoms with Crippen molar-refractivity contribution in [2.24, 2.45) is 32.5 Å². The van der Waals surface area contributed by atoms with E-state index in [4.69, 9.17) is 0 Å². The van der Waals surface area contributed by atoms with E-state index >= 15 is 0 Å². The molecule has 0 atom stereocenters. The van der Waals surface area contributed by atoms with Gasteiger partial charge in [-0.3, -0.25) is 48.7 Å². The van der Waals surface area contributed by atoms with Crippen LogP contribution in [-0.2, 0) is 4.79 Å². The van der Waals surface area contributed by atoms with Crippen LogP contribution in [0.2, 0.25) is 0 Å². The number of hydrogen-bond donors (Lipinski definition) is 0. The Hall–Kier alpha value is -1.17. The van der Waals surface area contributed by atoms with E-state index in [-0.39, 0.29) is 0 Å². The molecule has 0 amide bonds. The minimum atomic E-state index is -4.39. The van der Waals surface area contributed by atoms with E-state index in [1.54, 1.807) is 0 Å². The molecule has 0 heterocycles. The normalized spacial score (nSPS) is 24.6. The van der Waals surface area contributed by atoms with Gasteiger partial charge in [0.2, 0.25) is 0 Å². The molecule has 184 valence electrons. The van der Waals surface area contributed by atoms with Crippen LogP contribution in [0.15, 0.2) is 0 Å². The van der Waals surface area contributed by atoms with Gasteiger partial charge >= 0.3 is 6.04 Å². The molecule has 1 aliphatic rings. The predicted molar refractivity (Wildman–Crippen MR) is 86.4 cm³/mol. The van der Waals surface area contributed by atoms with Crippen molar-refractivity contribution in [3.63, 3.8) is 0 Å². The molecule has 0 aromatic rings. The Bertz CT molecular complexity index is 569. The van der Waals surface area contributed by atoms with Gasteiger partial charge in [-0.15, -0.1) is 0 Å². The van der Waals surface area contributed by atoms with E-state index in [9.17, 15) is 57.5 Å². The molecule has 0 radical (unpaired) electrons. The molecule has 13 heteroatoms. The molecule has 0 bridgehead atoms. The number of alkyl halides is 11. The SMILES string of the molecule is O=C(F)C1(CF)C(CF)(CF)C(CF)(CF)C(CF)(CF)C(CF)(CF)C1(CF)CF. The van der Waals surface area contributed by atoms with Crippen LogP contribution < -0.4 is 0 Å². The van der Waals surface area contributed by atoms with Crippen molar-refractivity contribution >= 4 is 6.04 Å². The van der Waals surface area contributed by atoms with Gasteiger partial charge in [0.25, 0.3) is 0 Å². The number of rotatable bonds is 12. The van der Waals surface area contributed by atoms with Crippen molar-refractivity contribution in [2.75, 3.05) is 73.4 Å². The van der Waals surface area contributed by atoms with Crippen LogP contribution in [0, 0.1) is 32.5 Å². The summed E-state index contributed by atoms with van der Waals surface area (Å²) in [6.07, 6.45) is 0. The fraction of sp³-hybridized carbons (Fsp3) is 0.944. The topological polar surface area (TPSA) is 17.1 Å². The molecule has 0 unspecified atom stereocenters. The zero-order valence-electron chi connectivity index (χ0n) is 16.2. The third-order valence-corrected chi connectivity index (χ3v) is 8.12. The minimum absolute atomic E-state index is 2.52. The Balaban J connectivity index is 4.66. The zero-order chi connectivity index (χ0) is 24.4. The lowest BCUT2D eigenvalue weighted by Gasteiger charge is -2.75. The zero-order valence-corrected chi connectivity index (χ0v) is 16.2. The largest absolute Gasteiger partial charge is 0.311 e. The van der Waals surface area contributed by atoms with Crippen LogP contribution in [0.5, 0.6) is 0 Å². The van der Waals surface area contributed by atoms with Crippen LogP contribution in [0.3, 0.4) is 0 Å². The van der Waals surface area contributed by atoms with Gasteiger partial charge in [-0.1, -0.05) is 0 Å². The van der Waals surface area contributed by atoms with Gasteiger partial charge in [0.1, 0.15) is 12.1 Å². The van der Waals surface area contributed by atoms with Gasteiger partial charge in [0, 0.05) is 5.41 Å². The summed E-state index contributed by atoms with van der Waals surface area (Å²) >= 11 is 0. The van der Waals surface area contributed by atoms with Crippen LogP contribution in [0.25, 0.3) is 0 Å². The lowest BCUT2D eigenvalue weighted by atomic mass is 9.26. The number of hydrogen-bond acceptors (Lipinski definition) is 1.